The minimum absolute atomic E-state index is 0.381. The Morgan fingerprint density at radius 3 is 1.55 bits per heavy atom. The zero-order valence-corrected chi connectivity index (χ0v) is 20.3. The minimum Gasteiger partial charge on any atom is -0.465 e. The first-order valence-electron chi connectivity index (χ1n) is 11.2. The molecule has 0 fully saturated rings. The van der Waals surface area contributed by atoms with Gasteiger partial charge in [0.2, 0.25) is 0 Å². The standard InChI is InChI=1S/C27H22N4O7/c1-35-25(32)19-7-3-5-17(13-19)23-11-9-21(37-23)15-28-30-27(34)31-29-16-22-10-12-24(38-22)18-6-4-8-20(14-18)26(33)36-2/h3-16H,1-2H3,(H2,30,31,34)/b28-15+,29-16?. The summed E-state index contributed by atoms with van der Waals surface area (Å²) in [6.07, 6.45) is 2.64. The number of hydrogen-bond acceptors (Lipinski definition) is 9. The number of nitrogens with one attached hydrogen (secondary N) is 2. The second-order valence-corrected chi connectivity index (χ2v) is 7.62. The first kappa shape index (κ1) is 25.6. The van der Waals surface area contributed by atoms with E-state index in [4.69, 9.17) is 18.3 Å². The van der Waals surface area contributed by atoms with Crippen molar-refractivity contribution >= 4 is 30.4 Å². The Morgan fingerprint density at radius 1 is 0.684 bits per heavy atom. The summed E-state index contributed by atoms with van der Waals surface area (Å²) < 4.78 is 20.8. The van der Waals surface area contributed by atoms with Crippen LogP contribution in [-0.2, 0) is 9.47 Å². The molecule has 0 radical (unpaired) electrons. The van der Waals surface area contributed by atoms with Crippen LogP contribution in [0, 0.1) is 0 Å². The number of esters is 2. The second kappa shape index (κ2) is 12.0. The summed E-state index contributed by atoms with van der Waals surface area (Å²) in [4.78, 5) is 35.4. The van der Waals surface area contributed by atoms with E-state index < -0.39 is 18.0 Å². The lowest BCUT2D eigenvalue weighted by Gasteiger charge is -2.01. The molecular weight excluding hydrogens is 492 g/mol. The third kappa shape index (κ3) is 6.40. The van der Waals surface area contributed by atoms with Crippen LogP contribution >= 0.6 is 0 Å². The number of furan rings is 2. The van der Waals surface area contributed by atoms with Crippen LogP contribution in [0.4, 0.5) is 4.79 Å². The van der Waals surface area contributed by atoms with Crippen LogP contribution in [0.5, 0.6) is 0 Å². The smallest absolute Gasteiger partial charge is 0.355 e. The second-order valence-electron chi connectivity index (χ2n) is 7.62. The number of carbonyl (C=O) groups excluding carboxylic acids is 3. The molecule has 0 unspecified atom stereocenters. The molecule has 4 aromatic rings. The number of urea groups is 1. The van der Waals surface area contributed by atoms with Gasteiger partial charge in [0.15, 0.2) is 0 Å². The Hall–Kier alpha value is -5.45. The summed E-state index contributed by atoms with van der Waals surface area (Å²) >= 11 is 0. The number of hydrogen-bond donors (Lipinski definition) is 2. The number of methoxy groups -OCH3 is 2. The fourth-order valence-electron chi connectivity index (χ4n) is 3.32. The SMILES string of the molecule is COC(=O)c1cccc(-c2ccc(C=NNC(=O)N/N=C/c3ccc(-c4cccc(C(=O)OC)c4)o3)o2)c1. The van der Waals surface area contributed by atoms with Crippen molar-refractivity contribution in [2.45, 2.75) is 0 Å². The van der Waals surface area contributed by atoms with E-state index in [1.807, 2.05) is 0 Å². The number of ether oxygens (including phenoxy) is 2. The average Bonchev–Trinajstić information content (AvgIpc) is 3.62. The van der Waals surface area contributed by atoms with E-state index >= 15 is 0 Å². The third-order valence-electron chi connectivity index (χ3n) is 5.11. The largest absolute Gasteiger partial charge is 0.465 e. The fourth-order valence-corrected chi connectivity index (χ4v) is 3.32. The van der Waals surface area contributed by atoms with Gasteiger partial charge in [0.05, 0.1) is 37.8 Å². The molecule has 2 aromatic heterocycles. The molecule has 11 nitrogen and oxygen atoms in total. The number of rotatable bonds is 8. The lowest BCUT2D eigenvalue weighted by molar-refractivity contribution is 0.0592. The molecule has 0 atom stereocenters. The third-order valence-corrected chi connectivity index (χ3v) is 5.11. The quantitative estimate of drug-likeness (QED) is 0.201. The van der Waals surface area contributed by atoms with Crippen molar-refractivity contribution in [3.8, 4) is 22.6 Å². The van der Waals surface area contributed by atoms with Crippen LogP contribution in [0.2, 0.25) is 0 Å². The van der Waals surface area contributed by atoms with Gasteiger partial charge in [-0.05, 0) is 48.5 Å². The van der Waals surface area contributed by atoms with E-state index in [-0.39, 0.29) is 0 Å². The van der Waals surface area contributed by atoms with Crippen molar-refractivity contribution in [1.29, 1.82) is 0 Å². The lowest BCUT2D eigenvalue weighted by atomic mass is 10.1. The van der Waals surface area contributed by atoms with Crippen LogP contribution in [0.1, 0.15) is 32.2 Å². The molecule has 2 heterocycles. The van der Waals surface area contributed by atoms with Gasteiger partial charge in [-0.15, -0.1) is 0 Å². The Labute approximate surface area is 216 Å². The molecule has 0 aliphatic carbocycles. The maximum atomic E-state index is 11.9. The monoisotopic (exact) mass is 514 g/mol. The van der Waals surface area contributed by atoms with E-state index in [0.717, 1.165) is 0 Å². The molecule has 2 amide bonds. The van der Waals surface area contributed by atoms with E-state index in [1.165, 1.54) is 26.6 Å². The minimum atomic E-state index is -0.687. The van der Waals surface area contributed by atoms with Crippen molar-refractivity contribution in [1.82, 2.24) is 10.9 Å². The van der Waals surface area contributed by atoms with E-state index in [1.54, 1.807) is 72.8 Å². The molecular formula is C27H22N4O7. The van der Waals surface area contributed by atoms with Gasteiger partial charge in [-0.1, -0.05) is 24.3 Å². The Bertz CT molecular complexity index is 1410. The molecule has 0 saturated carbocycles. The summed E-state index contributed by atoms with van der Waals surface area (Å²) in [5, 5.41) is 7.63. The van der Waals surface area contributed by atoms with E-state index in [2.05, 4.69) is 21.1 Å². The molecule has 0 spiro atoms. The van der Waals surface area contributed by atoms with Gasteiger partial charge < -0.3 is 18.3 Å². The highest BCUT2D eigenvalue weighted by molar-refractivity contribution is 5.91. The number of hydrazone groups is 2. The highest BCUT2D eigenvalue weighted by Crippen LogP contribution is 2.24. The molecule has 0 aliphatic heterocycles. The van der Waals surface area contributed by atoms with Gasteiger partial charge >= 0.3 is 18.0 Å². The first-order chi connectivity index (χ1) is 18.5. The molecule has 0 aliphatic rings. The molecule has 0 bridgehead atoms. The summed E-state index contributed by atoms with van der Waals surface area (Å²) in [7, 11) is 2.63. The lowest BCUT2D eigenvalue weighted by Crippen LogP contribution is -2.28. The van der Waals surface area contributed by atoms with E-state index in [0.29, 0.717) is 45.3 Å². The van der Waals surface area contributed by atoms with Crippen molar-refractivity contribution < 1.29 is 32.7 Å². The summed E-state index contributed by atoms with van der Waals surface area (Å²) in [5.74, 6) is 0.896. The Morgan fingerprint density at radius 2 is 1.13 bits per heavy atom. The zero-order chi connectivity index (χ0) is 26.9. The first-order valence-corrected chi connectivity index (χ1v) is 11.2. The topological polar surface area (TPSA) is 145 Å². The van der Waals surface area contributed by atoms with Crippen LogP contribution < -0.4 is 10.9 Å². The van der Waals surface area contributed by atoms with Crippen LogP contribution in [0.15, 0.2) is 91.8 Å². The van der Waals surface area contributed by atoms with Gasteiger partial charge in [0.1, 0.15) is 23.0 Å². The van der Waals surface area contributed by atoms with Crippen molar-refractivity contribution in [3.63, 3.8) is 0 Å². The van der Waals surface area contributed by atoms with Gasteiger partial charge in [0, 0.05) is 11.1 Å². The average molecular weight is 514 g/mol. The van der Waals surface area contributed by atoms with E-state index in [9.17, 15) is 14.4 Å². The van der Waals surface area contributed by atoms with Gasteiger partial charge in [-0.3, -0.25) is 0 Å². The van der Waals surface area contributed by atoms with Crippen molar-refractivity contribution in [2.75, 3.05) is 14.2 Å². The normalized spacial score (nSPS) is 11.0. The number of benzene rings is 2. The number of nitrogens with zero attached hydrogens (tertiary/aromatic N) is 2. The summed E-state index contributed by atoms with van der Waals surface area (Å²) in [5.41, 5.74) is 6.69. The summed E-state index contributed by atoms with van der Waals surface area (Å²) in [6.45, 7) is 0. The number of amides is 2. The predicted molar refractivity (Wildman–Crippen MR) is 138 cm³/mol. The van der Waals surface area contributed by atoms with Gasteiger partial charge in [-0.25, -0.2) is 25.2 Å². The van der Waals surface area contributed by atoms with Crippen LogP contribution in [0.3, 0.4) is 0 Å². The molecule has 2 aromatic carbocycles. The van der Waals surface area contributed by atoms with Gasteiger partial charge in [-0.2, -0.15) is 10.2 Å². The van der Waals surface area contributed by atoms with Crippen LogP contribution in [-0.4, -0.2) is 44.6 Å². The maximum Gasteiger partial charge on any atom is 0.355 e. The van der Waals surface area contributed by atoms with Gasteiger partial charge in [0.25, 0.3) is 0 Å². The summed E-state index contributed by atoms with van der Waals surface area (Å²) in [6, 6.07) is 19.7. The number of carbonyl (C=O) groups is 3. The van der Waals surface area contributed by atoms with Crippen molar-refractivity contribution in [3.05, 3.63) is 95.4 Å². The molecule has 38 heavy (non-hydrogen) atoms. The maximum absolute atomic E-state index is 11.9. The fraction of sp³-hybridized carbons (Fsp3) is 0.0741. The molecule has 2 N–H and O–H groups in total. The Kier molecular flexibility index (Phi) is 8.09. The highest BCUT2D eigenvalue weighted by Gasteiger charge is 2.10. The zero-order valence-electron chi connectivity index (χ0n) is 20.3. The van der Waals surface area contributed by atoms with Crippen LogP contribution in [0.25, 0.3) is 22.6 Å². The molecule has 11 heteroatoms. The molecule has 4 rings (SSSR count). The predicted octanol–water partition coefficient (Wildman–Crippen LogP) is 4.45. The Balaban J connectivity index is 1.29. The molecule has 0 saturated heterocycles. The molecule has 192 valence electrons. The van der Waals surface area contributed by atoms with Crippen molar-refractivity contribution in [2.24, 2.45) is 10.2 Å². The highest BCUT2D eigenvalue weighted by atomic mass is 16.5.